The van der Waals surface area contributed by atoms with E-state index in [-0.39, 0.29) is 5.41 Å². The second kappa shape index (κ2) is 10.1. The lowest BCUT2D eigenvalue weighted by atomic mass is 9.48. The predicted octanol–water partition coefficient (Wildman–Crippen LogP) is 7.02. The SMILES string of the molecule is Nc1ccc(Oc2ccc(C34CC5CC(CC(C5)C3)C4)c(Oc3ccc(N)cc3N)c2Oc2ccc(N)cc2N)c(N)c1. The highest BCUT2D eigenvalue weighted by atomic mass is 16.5. The molecule has 43 heavy (non-hydrogen) atoms. The lowest BCUT2D eigenvalue weighted by Gasteiger charge is -2.57. The maximum absolute atomic E-state index is 6.78. The summed E-state index contributed by atoms with van der Waals surface area (Å²) < 4.78 is 19.8. The van der Waals surface area contributed by atoms with Gasteiger partial charge in [0.15, 0.2) is 28.7 Å². The Morgan fingerprint density at radius 3 is 1.30 bits per heavy atom. The van der Waals surface area contributed by atoms with Crippen molar-refractivity contribution in [3.8, 4) is 34.5 Å². The van der Waals surface area contributed by atoms with Crippen LogP contribution in [0.1, 0.15) is 44.1 Å². The van der Waals surface area contributed by atoms with E-state index in [1.165, 1.54) is 19.3 Å². The first-order chi connectivity index (χ1) is 20.7. The number of nitrogens with two attached hydrogens (primary N) is 6. The van der Waals surface area contributed by atoms with Crippen LogP contribution in [-0.4, -0.2) is 0 Å². The number of anilines is 6. The van der Waals surface area contributed by atoms with E-state index in [0.717, 1.165) is 24.8 Å². The lowest BCUT2D eigenvalue weighted by molar-refractivity contribution is -0.00610. The van der Waals surface area contributed by atoms with Crippen LogP contribution in [0.5, 0.6) is 34.5 Å². The summed E-state index contributed by atoms with van der Waals surface area (Å²) >= 11 is 0. The molecule has 0 unspecified atom stereocenters. The molecule has 0 saturated heterocycles. The molecule has 4 aliphatic carbocycles. The van der Waals surface area contributed by atoms with Crippen molar-refractivity contribution in [2.24, 2.45) is 17.8 Å². The Morgan fingerprint density at radius 1 is 0.465 bits per heavy atom. The van der Waals surface area contributed by atoms with Gasteiger partial charge in [-0.05, 0) is 122 Å². The van der Waals surface area contributed by atoms with Gasteiger partial charge in [-0.2, -0.15) is 0 Å². The minimum Gasteiger partial charge on any atom is -0.451 e. The topological polar surface area (TPSA) is 184 Å². The van der Waals surface area contributed by atoms with Crippen molar-refractivity contribution in [2.75, 3.05) is 34.4 Å². The van der Waals surface area contributed by atoms with Crippen LogP contribution in [-0.2, 0) is 5.41 Å². The molecule has 4 bridgehead atoms. The van der Waals surface area contributed by atoms with E-state index in [1.54, 1.807) is 54.6 Å². The molecule has 0 radical (unpaired) electrons. The van der Waals surface area contributed by atoms with Gasteiger partial charge in [-0.3, -0.25) is 0 Å². The summed E-state index contributed by atoms with van der Waals surface area (Å²) in [5.41, 5.74) is 41.0. The molecule has 4 aromatic carbocycles. The minimum absolute atomic E-state index is 0.0455. The van der Waals surface area contributed by atoms with E-state index >= 15 is 0 Å². The van der Waals surface area contributed by atoms with Gasteiger partial charge in [-0.15, -0.1) is 0 Å². The second-order valence-electron chi connectivity index (χ2n) is 12.7. The molecule has 8 rings (SSSR count). The van der Waals surface area contributed by atoms with Gasteiger partial charge < -0.3 is 48.6 Å². The van der Waals surface area contributed by atoms with Gasteiger partial charge in [0, 0.05) is 22.6 Å². The third kappa shape index (κ3) is 4.94. The maximum Gasteiger partial charge on any atom is 0.212 e. The van der Waals surface area contributed by atoms with Gasteiger partial charge in [0.25, 0.3) is 0 Å². The van der Waals surface area contributed by atoms with Crippen molar-refractivity contribution < 1.29 is 14.2 Å². The molecule has 9 nitrogen and oxygen atoms in total. The summed E-state index contributed by atoms with van der Waals surface area (Å²) in [5.74, 6) is 4.78. The molecule has 4 aromatic rings. The molecule has 9 heteroatoms. The van der Waals surface area contributed by atoms with Gasteiger partial charge in [0.2, 0.25) is 5.75 Å². The quantitative estimate of drug-likeness (QED) is 0.125. The van der Waals surface area contributed by atoms with Crippen molar-refractivity contribution in [1.82, 2.24) is 0 Å². The summed E-state index contributed by atoms with van der Waals surface area (Å²) in [6.07, 6.45) is 7.26. The summed E-state index contributed by atoms with van der Waals surface area (Å²) in [6, 6.07) is 19.6. The van der Waals surface area contributed by atoms with E-state index in [0.29, 0.717) is 86.4 Å². The molecular weight excluding hydrogens is 540 g/mol. The van der Waals surface area contributed by atoms with Crippen molar-refractivity contribution in [3.63, 3.8) is 0 Å². The largest absolute Gasteiger partial charge is 0.451 e. The molecule has 0 spiro atoms. The third-order valence-electron chi connectivity index (χ3n) is 9.43. The average molecular weight is 579 g/mol. The molecule has 12 N–H and O–H groups in total. The van der Waals surface area contributed by atoms with Crippen LogP contribution in [0.3, 0.4) is 0 Å². The number of nitrogen functional groups attached to an aromatic ring is 6. The first-order valence-electron chi connectivity index (χ1n) is 14.8. The number of hydrogen-bond donors (Lipinski definition) is 6. The molecule has 0 aromatic heterocycles. The Morgan fingerprint density at radius 2 is 0.860 bits per heavy atom. The molecule has 0 amide bonds. The van der Waals surface area contributed by atoms with E-state index in [1.807, 2.05) is 6.07 Å². The van der Waals surface area contributed by atoms with E-state index in [2.05, 4.69) is 6.07 Å². The normalized spacial score (nSPS) is 23.7. The lowest BCUT2D eigenvalue weighted by Crippen LogP contribution is -2.48. The zero-order valence-electron chi connectivity index (χ0n) is 24.0. The van der Waals surface area contributed by atoms with E-state index in [4.69, 9.17) is 48.6 Å². The number of benzene rings is 4. The van der Waals surface area contributed by atoms with Crippen molar-refractivity contribution in [1.29, 1.82) is 0 Å². The van der Waals surface area contributed by atoms with Gasteiger partial charge in [0.05, 0.1) is 17.1 Å². The second-order valence-corrected chi connectivity index (χ2v) is 12.7. The molecule has 4 aliphatic rings. The Bertz CT molecular complexity index is 1690. The fourth-order valence-corrected chi connectivity index (χ4v) is 8.00. The Kier molecular flexibility index (Phi) is 6.34. The molecule has 4 fully saturated rings. The van der Waals surface area contributed by atoms with Crippen LogP contribution in [0.25, 0.3) is 0 Å². The van der Waals surface area contributed by atoms with E-state index < -0.39 is 0 Å². The molecule has 222 valence electrons. The van der Waals surface area contributed by atoms with Crippen LogP contribution in [0, 0.1) is 17.8 Å². The van der Waals surface area contributed by atoms with Crippen LogP contribution in [0.4, 0.5) is 34.1 Å². The average Bonchev–Trinajstić information content (AvgIpc) is 2.93. The molecule has 0 heterocycles. The summed E-state index contributed by atoms with van der Waals surface area (Å²) in [4.78, 5) is 0. The minimum atomic E-state index is -0.0455. The highest BCUT2D eigenvalue weighted by Gasteiger charge is 2.53. The Balaban J connectivity index is 1.43. The molecular formula is C34H38N6O3. The summed E-state index contributed by atoms with van der Waals surface area (Å²) in [7, 11) is 0. The fraction of sp³-hybridized carbons (Fsp3) is 0.294. The zero-order chi connectivity index (χ0) is 29.9. The monoisotopic (exact) mass is 578 g/mol. The smallest absolute Gasteiger partial charge is 0.212 e. The highest BCUT2D eigenvalue weighted by Crippen LogP contribution is 2.64. The highest BCUT2D eigenvalue weighted by molar-refractivity contribution is 5.69. The van der Waals surface area contributed by atoms with E-state index in [9.17, 15) is 0 Å². The third-order valence-corrected chi connectivity index (χ3v) is 9.43. The van der Waals surface area contributed by atoms with Gasteiger partial charge in [0.1, 0.15) is 0 Å². The zero-order valence-corrected chi connectivity index (χ0v) is 24.0. The predicted molar refractivity (Wildman–Crippen MR) is 172 cm³/mol. The van der Waals surface area contributed by atoms with Crippen LogP contribution in [0.15, 0.2) is 66.7 Å². The number of ether oxygens (including phenoxy) is 3. The molecule has 0 atom stereocenters. The fourth-order valence-electron chi connectivity index (χ4n) is 8.00. The van der Waals surface area contributed by atoms with Crippen LogP contribution in [0.2, 0.25) is 0 Å². The van der Waals surface area contributed by atoms with Crippen molar-refractivity contribution >= 4 is 34.1 Å². The van der Waals surface area contributed by atoms with Gasteiger partial charge >= 0.3 is 0 Å². The van der Waals surface area contributed by atoms with Crippen molar-refractivity contribution in [2.45, 2.75) is 43.9 Å². The number of hydrogen-bond acceptors (Lipinski definition) is 9. The molecule has 4 saturated carbocycles. The van der Waals surface area contributed by atoms with Gasteiger partial charge in [-0.1, -0.05) is 6.07 Å². The van der Waals surface area contributed by atoms with Crippen LogP contribution < -0.4 is 48.6 Å². The van der Waals surface area contributed by atoms with Gasteiger partial charge in [-0.25, -0.2) is 0 Å². The van der Waals surface area contributed by atoms with Crippen molar-refractivity contribution in [3.05, 3.63) is 72.3 Å². The Hall–Kier alpha value is -4.92. The summed E-state index contributed by atoms with van der Waals surface area (Å²) in [6.45, 7) is 0. The Labute approximate surface area is 251 Å². The molecule has 0 aliphatic heterocycles. The first-order valence-corrected chi connectivity index (χ1v) is 14.8. The first kappa shape index (κ1) is 26.9. The maximum atomic E-state index is 6.78. The van der Waals surface area contributed by atoms with Crippen LogP contribution >= 0.6 is 0 Å². The standard InChI is InChI=1S/C34H38N6O3/c35-21-1-5-28(25(38)12-21)41-31-8-4-24(34-15-18-9-19(16-34)11-20(10-18)17-34)32(42-29-6-2-22(36)13-26(29)39)33(31)43-30-7-3-23(37)14-27(30)40/h1-8,12-14,18-20H,9-11,15-17,35-40H2. The summed E-state index contributed by atoms with van der Waals surface area (Å²) in [5, 5.41) is 0. The number of rotatable bonds is 7.